The van der Waals surface area contributed by atoms with Crippen LogP contribution in [-0.2, 0) is 35.1 Å². The zero-order valence-electron chi connectivity index (χ0n) is 18.4. The van der Waals surface area contributed by atoms with E-state index in [9.17, 15) is 4.79 Å². The van der Waals surface area contributed by atoms with Crippen LogP contribution in [0.3, 0.4) is 0 Å². The maximum Gasteiger partial charge on any atom is 0.321 e. The van der Waals surface area contributed by atoms with Crippen LogP contribution in [-0.4, -0.2) is 61.7 Å². The van der Waals surface area contributed by atoms with Crippen molar-refractivity contribution in [2.75, 3.05) is 25.9 Å². The molecule has 2 heterocycles. The number of ether oxygens (including phenoxy) is 6. The van der Waals surface area contributed by atoms with E-state index in [1.807, 2.05) is 60.9 Å². The van der Waals surface area contributed by atoms with Gasteiger partial charge in [0.1, 0.15) is 35.4 Å². The maximum atomic E-state index is 12.2. The van der Waals surface area contributed by atoms with Gasteiger partial charge in [0, 0.05) is 5.56 Å². The van der Waals surface area contributed by atoms with E-state index in [4.69, 9.17) is 40.0 Å². The van der Waals surface area contributed by atoms with Gasteiger partial charge < -0.3 is 28.4 Å². The highest BCUT2D eigenvalue weighted by Crippen LogP contribution is 2.39. The van der Waals surface area contributed by atoms with Crippen LogP contribution in [0.4, 0.5) is 0 Å². The van der Waals surface area contributed by atoms with E-state index < -0.39 is 36.7 Å². The number of halogens is 1. The summed E-state index contributed by atoms with van der Waals surface area (Å²) in [4.78, 5) is 12.2. The van der Waals surface area contributed by atoms with Crippen molar-refractivity contribution in [3.05, 3.63) is 65.7 Å². The van der Waals surface area contributed by atoms with Gasteiger partial charge >= 0.3 is 5.97 Å². The molecule has 0 amide bonds. The van der Waals surface area contributed by atoms with E-state index in [1.54, 1.807) is 7.11 Å². The Labute approximate surface area is 202 Å². The third kappa shape index (κ3) is 5.82. The second kappa shape index (κ2) is 11.6. The number of rotatable bonds is 8. The van der Waals surface area contributed by atoms with Gasteiger partial charge in [0.15, 0.2) is 12.4 Å². The molecule has 0 spiro atoms. The molecule has 0 unspecified atom stereocenters. The number of esters is 1. The zero-order chi connectivity index (χ0) is 23.2. The van der Waals surface area contributed by atoms with Gasteiger partial charge in [0.05, 0.1) is 20.3 Å². The van der Waals surface area contributed by atoms with E-state index in [-0.39, 0.29) is 11.3 Å². The highest BCUT2D eigenvalue weighted by atomic mass is 35.5. The predicted octanol–water partition coefficient (Wildman–Crippen LogP) is 3.93. The maximum absolute atomic E-state index is 12.2. The first-order valence-corrected chi connectivity index (χ1v) is 12.5. The summed E-state index contributed by atoms with van der Waals surface area (Å²) in [5.41, 5.74) is 1.45. The van der Waals surface area contributed by atoms with Crippen molar-refractivity contribution >= 4 is 29.3 Å². The molecule has 2 saturated heterocycles. The van der Waals surface area contributed by atoms with Gasteiger partial charge in [0.2, 0.25) is 0 Å². The number of methoxy groups -OCH3 is 1. The SMILES string of the molecule is COc1ccc(CO[C@@H]2[C@@H](OC(=O)CCl)[C@@H]3O[C@H](c4ccccc4)OC[C@H]3O[C@H]2SC)cc1. The Kier molecular flexibility index (Phi) is 8.51. The van der Waals surface area contributed by atoms with Gasteiger partial charge in [-0.25, -0.2) is 0 Å². The van der Waals surface area contributed by atoms with Crippen LogP contribution in [0, 0.1) is 0 Å². The van der Waals surface area contributed by atoms with Crippen molar-refractivity contribution in [2.45, 2.75) is 42.7 Å². The average Bonchev–Trinajstić information content (AvgIpc) is 2.88. The number of alkyl halides is 1. The van der Waals surface area contributed by atoms with Gasteiger partial charge in [0.25, 0.3) is 0 Å². The van der Waals surface area contributed by atoms with Gasteiger partial charge in [-0.2, -0.15) is 0 Å². The number of thioether (sulfide) groups is 1. The lowest BCUT2D eigenvalue weighted by molar-refractivity contribution is -0.324. The molecule has 2 aromatic carbocycles. The standard InChI is InChI=1S/C24H27ClO7S/c1-27-17-10-8-15(9-11-17)13-28-22-21(31-19(26)12-25)20-18(30-24(22)33-2)14-29-23(32-20)16-6-4-3-5-7-16/h3-11,18,20-24H,12-14H2,1-2H3/t18-,20-,21+,22-,23-,24+/m1/s1. The molecule has 9 heteroatoms. The van der Waals surface area contributed by atoms with E-state index >= 15 is 0 Å². The summed E-state index contributed by atoms with van der Waals surface area (Å²) in [6, 6.07) is 17.2. The summed E-state index contributed by atoms with van der Waals surface area (Å²) in [7, 11) is 1.62. The first-order valence-electron chi connectivity index (χ1n) is 10.6. The highest BCUT2D eigenvalue weighted by Gasteiger charge is 2.52. The molecule has 2 aliphatic rings. The molecule has 0 aliphatic carbocycles. The van der Waals surface area contributed by atoms with Crippen molar-refractivity contribution < 1.29 is 33.2 Å². The summed E-state index contributed by atoms with van der Waals surface area (Å²) in [5, 5.41) is 0. The summed E-state index contributed by atoms with van der Waals surface area (Å²) in [6.45, 7) is 0.613. The Morgan fingerprint density at radius 3 is 2.52 bits per heavy atom. The highest BCUT2D eigenvalue weighted by molar-refractivity contribution is 7.99. The Bertz CT molecular complexity index is 897. The largest absolute Gasteiger partial charge is 0.497 e. The molecule has 0 radical (unpaired) electrons. The van der Waals surface area contributed by atoms with Crippen LogP contribution in [0.25, 0.3) is 0 Å². The van der Waals surface area contributed by atoms with Crippen LogP contribution in [0.15, 0.2) is 54.6 Å². The molecule has 0 N–H and O–H groups in total. The second-order valence-corrected chi connectivity index (χ2v) is 8.87. The van der Waals surface area contributed by atoms with Crippen LogP contribution in [0.5, 0.6) is 5.75 Å². The molecule has 2 aliphatic heterocycles. The van der Waals surface area contributed by atoms with Crippen LogP contribution >= 0.6 is 23.4 Å². The molecule has 2 fully saturated rings. The van der Waals surface area contributed by atoms with Crippen LogP contribution in [0.2, 0.25) is 0 Å². The summed E-state index contributed by atoms with van der Waals surface area (Å²) in [6.07, 6.45) is -0.920. The molecule has 178 valence electrons. The van der Waals surface area contributed by atoms with Crippen molar-refractivity contribution in [3.8, 4) is 5.75 Å². The van der Waals surface area contributed by atoms with Crippen molar-refractivity contribution in [3.63, 3.8) is 0 Å². The fourth-order valence-corrected chi connectivity index (χ4v) is 4.74. The third-order valence-electron chi connectivity index (χ3n) is 5.57. The number of benzene rings is 2. The molecule has 7 nitrogen and oxygen atoms in total. The van der Waals surface area contributed by atoms with E-state index in [2.05, 4.69) is 0 Å². The fourth-order valence-electron chi connectivity index (χ4n) is 3.92. The number of carbonyl (C=O) groups is 1. The Hall–Kier alpha value is -1.81. The van der Waals surface area contributed by atoms with E-state index in [1.165, 1.54) is 11.8 Å². The Morgan fingerprint density at radius 1 is 1.09 bits per heavy atom. The molecule has 33 heavy (non-hydrogen) atoms. The van der Waals surface area contributed by atoms with Crippen LogP contribution in [0.1, 0.15) is 17.4 Å². The molecular formula is C24H27ClO7S. The fraction of sp³-hybridized carbons (Fsp3) is 0.458. The number of hydrogen-bond acceptors (Lipinski definition) is 8. The van der Waals surface area contributed by atoms with Crippen molar-refractivity contribution in [1.29, 1.82) is 0 Å². The number of hydrogen-bond donors (Lipinski definition) is 0. The Balaban J connectivity index is 1.55. The van der Waals surface area contributed by atoms with E-state index in [0.717, 1.165) is 16.9 Å². The first-order chi connectivity index (χ1) is 16.1. The van der Waals surface area contributed by atoms with Gasteiger partial charge in [-0.15, -0.1) is 23.4 Å². The second-order valence-electron chi connectivity index (χ2n) is 7.67. The lowest BCUT2D eigenvalue weighted by Crippen LogP contribution is -2.62. The molecule has 4 rings (SSSR count). The third-order valence-corrected chi connectivity index (χ3v) is 6.63. The number of carbonyl (C=O) groups excluding carboxylic acids is 1. The lowest BCUT2D eigenvalue weighted by Gasteiger charge is -2.48. The zero-order valence-corrected chi connectivity index (χ0v) is 20.0. The van der Waals surface area contributed by atoms with Crippen molar-refractivity contribution in [1.82, 2.24) is 0 Å². The molecule has 6 atom stereocenters. The average molecular weight is 495 g/mol. The minimum Gasteiger partial charge on any atom is -0.497 e. The summed E-state index contributed by atoms with van der Waals surface area (Å²) in [5.74, 6) is -0.0321. The Morgan fingerprint density at radius 2 is 1.85 bits per heavy atom. The molecular weight excluding hydrogens is 468 g/mol. The number of fused-ring (bicyclic) bond motifs is 1. The van der Waals surface area contributed by atoms with Gasteiger partial charge in [-0.05, 0) is 24.0 Å². The lowest BCUT2D eigenvalue weighted by atomic mass is 9.98. The topological polar surface area (TPSA) is 72.5 Å². The normalized spacial score (nSPS) is 29.2. The monoisotopic (exact) mass is 494 g/mol. The summed E-state index contributed by atoms with van der Waals surface area (Å²) < 4.78 is 35.7. The minimum absolute atomic E-state index is 0.261. The van der Waals surface area contributed by atoms with E-state index in [0.29, 0.717) is 13.2 Å². The summed E-state index contributed by atoms with van der Waals surface area (Å²) >= 11 is 7.25. The predicted molar refractivity (Wildman–Crippen MR) is 124 cm³/mol. The minimum atomic E-state index is -0.708. The van der Waals surface area contributed by atoms with Crippen molar-refractivity contribution in [2.24, 2.45) is 0 Å². The van der Waals surface area contributed by atoms with Gasteiger partial charge in [-0.1, -0.05) is 42.5 Å². The smallest absolute Gasteiger partial charge is 0.321 e. The quantitative estimate of drug-likeness (QED) is 0.404. The molecule has 2 aromatic rings. The molecule has 0 saturated carbocycles. The molecule has 0 bridgehead atoms. The van der Waals surface area contributed by atoms with Crippen LogP contribution < -0.4 is 4.74 Å². The first kappa shape index (κ1) is 24.3. The van der Waals surface area contributed by atoms with Gasteiger partial charge in [-0.3, -0.25) is 4.79 Å². The molecule has 0 aromatic heterocycles.